The molecule has 0 aromatic heterocycles. The van der Waals surface area contributed by atoms with Crippen LogP contribution in [0.3, 0.4) is 0 Å². The molecule has 0 atom stereocenters. The third kappa shape index (κ3) is 4.32. The molecule has 4 nitrogen and oxygen atoms in total. The highest BCUT2D eigenvalue weighted by atomic mass is 35.5. The van der Waals surface area contributed by atoms with Crippen LogP contribution in [0.25, 0.3) is 0 Å². The molecular formula is C18H18ClFN2O2. The third-order valence-electron chi connectivity index (χ3n) is 3.90. The molecule has 1 amide bonds. The monoisotopic (exact) mass is 348 g/mol. The van der Waals surface area contributed by atoms with Crippen molar-refractivity contribution in [2.75, 3.05) is 31.6 Å². The lowest BCUT2D eigenvalue weighted by atomic mass is 10.1. The molecule has 2 aromatic rings. The van der Waals surface area contributed by atoms with Gasteiger partial charge in [-0.3, -0.25) is 9.69 Å². The number of hydrogen-bond donors (Lipinski definition) is 1. The van der Waals surface area contributed by atoms with E-state index in [1.54, 1.807) is 0 Å². The highest BCUT2D eigenvalue weighted by Gasteiger charge is 2.13. The fraction of sp³-hybridized carbons (Fsp3) is 0.278. The number of hydrogen-bond acceptors (Lipinski definition) is 3. The fourth-order valence-electron chi connectivity index (χ4n) is 2.58. The van der Waals surface area contributed by atoms with Crippen LogP contribution in [0.5, 0.6) is 0 Å². The molecule has 1 aliphatic rings. The van der Waals surface area contributed by atoms with Crippen LogP contribution in [0, 0.1) is 5.82 Å². The van der Waals surface area contributed by atoms with Crippen LogP contribution in [0.4, 0.5) is 10.1 Å². The average Bonchev–Trinajstić information content (AvgIpc) is 2.57. The quantitative estimate of drug-likeness (QED) is 0.918. The summed E-state index contributed by atoms with van der Waals surface area (Å²) in [5, 5.41) is 2.95. The summed E-state index contributed by atoms with van der Waals surface area (Å²) in [6.07, 6.45) is 0. The summed E-state index contributed by atoms with van der Waals surface area (Å²) < 4.78 is 19.1. The molecule has 2 aromatic carbocycles. The van der Waals surface area contributed by atoms with Gasteiger partial charge in [0, 0.05) is 30.3 Å². The minimum atomic E-state index is -0.635. The van der Waals surface area contributed by atoms with E-state index in [2.05, 4.69) is 10.2 Å². The lowest BCUT2D eigenvalue weighted by Gasteiger charge is -2.26. The number of nitrogens with one attached hydrogen (secondary N) is 1. The van der Waals surface area contributed by atoms with Crippen molar-refractivity contribution >= 4 is 23.2 Å². The highest BCUT2D eigenvalue weighted by molar-refractivity contribution is 6.30. The molecule has 0 aliphatic carbocycles. The molecule has 1 aliphatic heterocycles. The Hall–Kier alpha value is -1.95. The van der Waals surface area contributed by atoms with Gasteiger partial charge in [0.05, 0.1) is 18.8 Å². The first-order chi connectivity index (χ1) is 11.6. The number of nitrogens with zero attached hydrogens (tertiary/aromatic N) is 1. The molecule has 24 heavy (non-hydrogen) atoms. The Morgan fingerprint density at radius 3 is 2.54 bits per heavy atom. The van der Waals surface area contributed by atoms with Crippen LogP contribution in [0.1, 0.15) is 15.9 Å². The lowest BCUT2D eigenvalue weighted by Crippen LogP contribution is -2.35. The van der Waals surface area contributed by atoms with Gasteiger partial charge in [-0.05, 0) is 35.9 Å². The first-order valence-corrected chi connectivity index (χ1v) is 8.15. The zero-order valence-corrected chi connectivity index (χ0v) is 13.9. The molecule has 126 valence electrons. The van der Waals surface area contributed by atoms with E-state index in [1.807, 2.05) is 24.3 Å². The molecule has 0 saturated carbocycles. The van der Waals surface area contributed by atoms with Crippen LogP contribution in [-0.4, -0.2) is 37.1 Å². The van der Waals surface area contributed by atoms with Crippen molar-refractivity contribution in [2.24, 2.45) is 0 Å². The van der Waals surface area contributed by atoms with Gasteiger partial charge in [-0.2, -0.15) is 0 Å². The Balaban J connectivity index is 1.62. The van der Waals surface area contributed by atoms with E-state index in [0.29, 0.717) is 5.69 Å². The van der Waals surface area contributed by atoms with Crippen LogP contribution in [0.2, 0.25) is 5.02 Å². The highest BCUT2D eigenvalue weighted by Crippen LogP contribution is 2.17. The van der Waals surface area contributed by atoms with Gasteiger partial charge >= 0.3 is 0 Å². The van der Waals surface area contributed by atoms with Crippen LogP contribution in [-0.2, 0) is 11.3 Å². The standard InChI is InChI=1S/C18H18ClFN2O2/c19-14-3-6-16(17(20)11-14)18(23)21-15-4-1-13(2-5-15)12-22-7-9-24-10-8-22/h1-6,11H,7-10,12H2,(H,21,23). The van der Waals surface area contributed by atoms with Crippen molar-refractivity contribution in [3.05, 3.63) is 64.4 Å². The second kappa shape index (κ2) is 7.75. The zero-order chi connectivity index (χ0) is 16.9. The number of carbonyl (C=O) groups excluding carboxylic acids is 1. The van der Waals surface area contributed by atoms with Gasteiger partial charge in [0.25, 0.3) is 5.91 Å². The minimum Gasteiger partial charge on any atom is -0.379 e. The summed E-state index contributed by atoms with van der Waals surface area (Å²) in [6, 6.07) is 11.6. The predicted molar refractivity (Wildman–Crippen MR) is 91.9 cm³/mol. The van der Waals surface area contributed by atoms with Gasteiger partial charge in [-0.15, -0.1) is 0 Å². The normalized spacial score (nSPS) is 15.2. The van der Waals surface area contributed by atoms with E-state index in [4.69, 9.17) is 16.3 Å². The molecule has 1 N–H and O–H groups in total. The summed E-state index contributed by atoms with van der Waals surface area (Å²) in [4.78, 5) is 14.5. The maximum absolute atomic E-state index is 13.8. The summed E-state index contributed by atoms with van der Waals surface area (Å²) >= 11 is 5.70. The summed E-state index contributed by atoms with van der Waals surface area (Å²) in [5.41, 5.74) is 1.75. The molecule has 1 fully saturated rings. The van der Waals surface area contributed by atoms with E-state index in [9.17, 15) is 9.18 Å². The van der Waals surface area contributed by atoms with Crippen LogP contribution < -0.4 is 5.32 Å². The van der Waals surface area contributed by atoms with Gasteiger partial charge in [0.2, 0.25) is 0 Å². The van der Waals surface area contributed by atoms with Crippen LogP contribution in [0.15, 0.2) is 42.5 Å². The van der Waals surface area contributed by atoms with Crippen molar-refractivity contribution in [1.29, 1.82) is 0 Å². The van der Waals surface area contributed by atoms with Crippen molar-refractivity contribution < 1.29 is 13.9 Å². The van der Waals surface area contributed by atoms with Gasteiger partial charge in [0.1, 0.15) is 5.82 Å². The van der Waals surface area contributed by atoms with Crippen molar-refractivity contribution in [2.45, 2.75) is 6.54 Å². The zero-order valence-electron chi connectivity index (χ0n) is 13.1. The van der Waals surface area contributed by atoms with Crippen molar-refractivity contribution in [3.63, 3.8) is 0 Å². The maximum Gasteiger partial charge on any atom is 0.258 e. The van der Waals surface area contributed by atoms with E-state index < -0.39 is 11.7 Å². The van der Waals surface area contributed by atoms with Crippen molar-refractivity contribution in [1.82, 2.24) is 4.90 Å². The predicted octanol–water partition coefficient (Wildman–Crippen LogP) is 3.56. The number of rotatable bonds is 4. The third-order valence-corrected chi connectivity index (χ3v) is 4.13. The molecule has 1 saturated heterocycles. The van der Waals surface area contributed by atoms with E-state index in [-0.39, 0.29) is 10.6 Å². The second-order valence-corrected chi connectivity index (χ2v) is 6.10. The average molecular weight is 349 g/mol. The molecule has 3 rings (SSSR count). The maximum atomic E-state index is 13.8. The van der Waals surface area contributed by atoms with Crippen molar-refractivity contribution in [3.8, 4) is 0 Å². The Bertz CT molecular complexity index is 715. The smallest absolute Gasteiger partial charge is 0.258 e. The number of amides is 1. The Labute approximate surface area is 145 Å². The van der Waals surface area contributed by atoms with E-state index >= 15 is 0 Å². The summed E-state index contributed by atoms with van der Waals surface area (Å²) in [7, 11) is 0. The first-order valence-electron chi connectivity index (χ1n) is 7.77. The second-order valence-electron chi connectivity index (χ2n) is 5.66. The SMILES string of the molecule is O=C(Nc1ccc(CN2CCOCC2)cc1)c1ccc(Cl)cc1F. The number of carbonyl (C=O) groups is 1. The Kier molecular flexibility index (Phi) is 5.45. The van der Waals surface area contributed by atoms with E-state index in [0.717, 1.165) is 44.5 Å². The van der Waals surface area contributed by atoms with Crippen LogP contribution >= 0.6 is 11.6 Å². The molecule has 1 heterocycles. The number of anilines is 1. The number of ether oxygens (including phenoxy) is 1. The Morgan fingerprint density at radius 1 is 1.17 bits per heavy atom. The molecule has 6 heteroatoms. The largest absolute Gasteiger partial charge is 0.379 e. The fourth-order valence-corrected chi connectivity index (χ4v) is 2.74. The Morgan fingerprint density at radius 2 is 1.88 bits per heavy atom. The summed E-state index contributed by atoms with van der Waals surface area (Å²) in [5.74, 6) is -1.13. The first kappa shape index (κ1) is 16.9. The number of halogens is 2. The van der Waals surface area contributed by atoms with Gasteiger partial charge in [-0.1, -0.05) is 23.7 Å². The van der Waals surface area contributed by atoms with Gasteiger partial charge < -0.3 is 10.1 Å². The number of benzene rings is 2. The topological polar surface area (TPSA) is 41.6 Å². The van der Waals surface area contributed by atoms with Gasteiger partial charge in [0.15, 0.2) is 0 Å². The summed E-state index contributed by atoms with van der Waals surface area (Å²) in [6.45, 7) is 4.23. The van der Waals surface area contributed by atoms with E-state index in [1.165, 1.54) is 12.1 Å². The lowest BCUT2D eigenvalue weighted by molar-refractivity contribution is 0.0342. The molecular weight excluding hydrogens is 331 g/mol. The minimum absolute atomic E-state index is 0.0307. The molecule has 0 bridgehead atoms. The van der Waals surface area contributed by atoms with Gasteiger partial charge in [-0.25, -0.2) is 4.39 Å². The molecule has 0 radical (unpaired) electrons. The molecule has 0 unspecified atom stereocenters. The number of morpholine rings is 1. The molecule has 0 spiro atoms.